The molecular weight excluding hydrogens is 324 g/mol. The van der Waals surface area contributed by atoms with Crippen molar-refractivity contribution < 1.29 is 4.79 Å². The Bertz CT molecular complexity index is 825. The summed E-state index contributed by atoms with van der Waals surface area (Å²) >= 11 is 0. The van der Waals surface area contributed by atoms with Gasteiger partial charge in [0, 0.05) is 35.7 Å². The summed E-state index contributed by atoms with van der Waals surface area (Å²) in [5, 5.41) is 16.5. The fraction of sp³-hybridized carbons (Fsp3) is 0.238. The minimum Gasteiger partial charge on any atom is -0.326 e. The summed E-state index contributed by atoms with van der Waals surface area (Å²) < 4.78 is 0. The number of nitriles is 1. The highest BCUT2D eigenvalue weighted by atomic mass is 16.1. The molecule has 0 heterocycles. The zero-order valence-corrected chi connectivity index (χ0v) is 15.2. The van der Waals surface area contributed by atoms with Gasteiger partial charge in [0.15, 0.2) is 5.78 Å². The third-order valence-electron chi connectivity index (χ3n) is 4.08. The molecule has 0 aliphatic carbocycles. The smallest absolute Gasteiger partial charge is 0.194 e. The van der Waals surface area contributed by atoms with E-state index in [0.29, 0.717) is 28.9 Å². The Kier molecular flexibility index (Phi) is 8.07. The van der Waals surface area contributed by atoms with E-state index in [2.05, 4.69) is 18.2 Å². The molecule has 5 nitrogen and oxygen atoms in total. The van der Waals surface area contributed by atoms with Gasteiger partial charge in [-0.25, -0.2) is 0 Å². The lowest BCUT2D eigenvalue weighted by molar-refractivity contribution is 0.104. The Morgan fingerprint density at radius 3 is 2.65 bits per heavy atom. The number of allylic oxidation sites excluding steroid dienone is 1. The van der Waals surface area contributed by atoms with E-state index in [9.17, 15) is 10.1 Å². The van der Waals surface area contributed by atoms with E-state index in [1.165, 1.54) is 6.07 Å². The molecule has 0 amide bonds. The summed E-state index contributed by atoms with van der Waals surface area (Å²) in [5.41, 5.74) is 8.50. The van der Waals surface area contributed by atoms with Crippen LogP contribution >= 0.6 is 0 Å². The highest BCUT2D eigenvalue weighted by molar-refractivity contribution is 6.24. The number of nitrogens with zero attached hydrogens (tertiary/aromatic N) is 2. The van der Waals surface area contributed by atoms with Crippen molar-refractivity contribution in [1.29, 1.82) is 10.7 Å². The first kappa shape index (κ1) is 20.9. The van der Waals surface area contributed by atoms with E-state index in [1.807, 2.05) is 19.9 Å². The van der Waals surface area contributed by atoms with E-state index in [0.717, 1.165) is 18.2 Å². The molecule has 26 heavy (non-hydrogen) atoms. The highest BCUT2D eigenvalue weighted by Gasteiger charge is 2.20. The first-order valence-corrected chi connectivity index (χ1v) is 8.31. The SMILES string of the molecule is C=C/C(=C\N=C(\c1ccc(C#N)cc1C(=O)C(=C)C=N)C(C)CC)CN. The standard InChI is InChI=1S/C21H24N4O/c1-5-14(3)20(25-13-16(6-2)11-23)18-8-7-17(12-24)9-19(18)21(26)15(4)10-22/h6-10,13-14,22H,2,4-5,11,23H2,1,3H3/b16-13+,22-10?,25-20+. The molecule has 0 spiro atoms. The summed E-state index contributed by atoms with van der Waals surface area (Å²) in [6.45, 7) is 11.7. The molecule has 1 unspecified atom stereocenters. The highest BCUT2D eigenvalue weighted by Crippen LogP contribution is 2.21. The summed E-state index contributed by atoms with van der Waals surface area (Å²) in [6, 6.07) is 6.93. The van der Waals surface area contributed by atoms with Crippen LogP contribution in [-0.2, 0) is 0 Å². The van der Waals surface area contributed by atoms with Crippen LogP contribution in [0.4, 0.5) is 0 Å². The molecular formula is C21H24N4O. The summed E-state index contributed by atoms with van der Waals surface area (Å²) in [6.07, 6.45) is 5.01. The van der Waals surface area contributed by atoms with Crippen LogP contribution < -0.4 is 5.73 Å². The molecule has 0 fully saturated rings. The molecule has 1 aromatic rings. The number of ketones is 1. The lowest BCUT2D eigenvalue weighted by Gasteiger charge is -2.16. The molecule has 1 aromatic carbocycles. The lowest BCUT2D eigenvalue weighted by Crippen LogP contribution is -2.18. The second-order valence-electron chi connectivity index (χ2n) is 5.81. The van der Waals surface area contributed by atoms with Crippen LogP contribution in [0.2, 0.25) is 0 Å². The van der Waals surface area contributed by atoms with Crippen LogP contribution in [0.3, 0.4) is 0 Å². The van der Waals surface area contributed by atoms with Crippen molar-refractivity contribution in [2.75, 3.05) is 6.54 Å². The number of Topliss-reactive ketones (excluding diaryl/α,β-unsaturated/α-hetero) is 1. The van der Waals surface area contributed by atoms with Gasteiger partial charge in [0.05, 0.1) is 17.3 Å². The van der Waals surface area contributed by atoms with Gasteiger partial charge in [-0.2, -0.15) is 5.26 Å². The van der Waals surface area contributed by atoms with Gasteiger partial charge in [0.25, 0.3) is 0 Å². The molecule has 0 aliphatic heterocycles. The Morgan fingerprint density at radius 1 is 1.46 bits per heavy atom. The molecule has 3 N–H and O–H groups in total. The Hall–Kier alpha value is -3.10. The fourth-order valence-corrected chi connectivity index (χ4v) is 2.26. The van der Waals surface area contributed by atoms with Gasteiger partial charge in [0.2, 0.25) is 0 Å². The predicted molar refractivity (Wildman–Crippen MR) is 107 cm³/mol. The normalized spacial score (nSPS) is 12.8. The van der Waals surface area contributed by atoms with Gasteiger partial charge in [-0.15, -0.1) is 0 Å². The van der Waals surface area contributed by atoms with E-state index < -0.39 is 5.78 Å². The van der Waals surface area contributed by atoms with Gasteiger partial charge in [-0.1, -0.05) is 39.1 Å². The van der Waals surface area contributed by atoms with Crippen LogP contribution in [0.1, 0.15) is 41.8 Å². The third kappa shape index (κ3) is 4.95. The van der Waals surface area contributed by atoms with E-state index >= 15 is 0 Å². The second kappa shape index (κ2) is 10.0. The molecule has 5 heteroatoms. The number of nitrogens with one attached hydrogen (secondary N) is 1. The number of carbonyl (C=O) groups is 1. The number of rotatable bonds is 9. The number of benzene rings is 1. The lowest BCUT2D eigenvalue weighted by atomic mass is 9.88. The van der Waals surface area contributed by atoms with Crippen molar-refractivity contribution in [3.8, 4) is 6.07 Å². The Labute approximate surface area is 154 Å². The van der Waals surface area contributed by atoms with E-state index in [-0.39, 0.29) is 11.5 Å². The van der Waals surface area contributed by atoms with Crippen molar-refractivity contribution in [1.82, 2.24) is 0 Å². The number of aliphatic imine (C=N–C) groups is 1. The van der Waals surface area contributed by atoms with E-state index in [4.69, 9.17) is 11.1 Å². The summed E-state index contributed by atoms with van der Waals surface area (Å²) in [4.78, 5) is 17.2. The first-order valence-electron chi connectivity index (χ1n) is 8.31. The molecule has 0 aromatic heterocycles. The average Bonchev–Trinajstić information content (AvgIpc) is 2.69. The molecule has 0 bridgehead atoms. The van der Waals surface area contributed by atoms with Crippen LogP contribution in [0.25, 0.3) is 0 Å². The van der Waals surface area contributed by atoms with Gasteiger partial charge in [-0.3, -0.25) is 9.79 Å². The third-order valence-corrected chi connectivity index (χ3v) is 4.08. The van der Waals surface area contributed by atoms with Gasteiger partial charge in [-0.05, 0) is 30.0 Å². The number of carbonyl (C=O) groups excluding carboxylic acids is 1. The van der Waals surface area contributed by atoms with Crippen molar-refractivity contribution >= 4 is 17.7 Å². The quantitative estimate of drug-likeness (QED) is 0.307. The van der Waals surface area contributed by atoms with Gasteiger partial charge >= 0.3 is 0 Å². The second-order valence-corrected chi connectivity index (χ2v) is 5.81. The Morgan fingerprint density at radius 2 is 2.15 bits per heavy atom. The summed E-state index contributed by atoms with van der Waals surface area (Å²) in [7, 11) is 0. The Balaban J connectivity index is 3.68. The maximum Gasteiger partial charge on any atom is 0.194 e. The minimum absolute atomic E-state index is 0.0501. The molecule has 0 saturated heterocycles. The van der Waals surface area contributed by atoms with Gasteiger partial charge in [0.1, 0.15) is 0 Å². The molecule has 134 valence electrons. The minimum atomic E-state index is -0.394. The molecule has 0 aliphatic rings. The van der Waals surface area contributed by atoms with E-state index in [1.54, 1.807) is 24.4 Å². The van der Waals surface area contributed by atoms with Crippen molar-refractivity contribution in [2.45, 2.75) is 20.3 Å². The van der Waals surface area contributed by atoms with Crippen LogP contribution in [0, 0.1) is 22.7 Å². The monoisotopic (exact) mass is 348 g/mol. The van der Waals surface area contributed by atoms with Crippen LogP contribution in [0.5, 0.6) is 0 Å². The zero-order valence-electron chi connectivity index (χ0n) is 15.2. The largest absolute Gasteiger partial charge is 0.326 e. The maximum atomic E-state index is 12.7. The molecule has 0 radical (unpaired) electrons. The van der Waals surface area contributed by atoms with Crippen LogP contribution in [0.15, 0.2) is 59.8 Å². The van der Waals surface area contributed by atoms with Crippen molar-refractivity contribution in [3.63, 3.8) is 0 Å². The average molecular weight is 348 g/mol. The number of nitrogens with two attached hydrogens (primary N) is 1. The van der Waals surface area contributed by atoms with Crippen molar-refractivity contribution in [2.24, 2.45) is 16.6 Å². The first-order chi connectivity index (χ1) is 12.4. The molecule has 1 rings (SSSR count). The molecule has 1 atom stereocenters. The summed E-state index contributed by atoms with van der Waals surface area (Å²) in [5.74, 6) is -0.322. The topological polar surface area (TPSA) is 103 Å². The fourth-order valence-electron chi connectivity index (χ4n) is 2.26. The predicted octanol–water partition coefficient (Wildman–Crippen LogP) is 3.81. The van der Waals surface area contributed by atoms with Crippen LogP contribution in [-0.4, -0.2) is 24.3 Å². The van der Waals surface area contributed by atoms with Crippen molar-refractivity contribution in [3.05, 3.63) is 71.5 Å². The number of hydrogen-bond donors (Lipinski definition) is 2. The van der Waals surface area contributed by atoms with Gasteiger partial charge < -0.3 is 11.1 Å². The maximum absolute atomic E-state index is 12.7. The zero-order chi connectivity index (χ0) is 19.7. The number of hydrogen-bond acceptors (Lipinski definition) is 5. The molecule has 0 saturated carbocycles.